The van der Waals surface area contributed by atoms with Crippen LogP contribution in [0.4, 0.5) is 5.69 Å². The second-order valence-corrected chi connectivity index (χ2v) is 6.98. The van der Waals surface area contributed by atoms with Gasteiger partial charge < -0.3 is 20.1 Å². The van der Waals surface area contributed by atoms with Crippen LogP contribution in [0.25, 0.3) is 10.6 Å². The summed E-state index contributed by atoms with van der Waals surface area (Å²) in [5, 5.41) is 7.80. The second-order valence-electron chi connectivity index (χ2n) is 6.12. The van der Waals surface area contributed by atoms with Gasteiger partial charge >= 0.3 is 0 Å². The molecule has 0 bridgehead atoms. The number of anilines is 1. The molecular weight excluding hydrogens is 390 g/mol. The number of rotatable bonds is 6. The first-order chi connectivity index (χ1) is 14.0. The first-order valence-electron chi connectivity index (χ1n) is 8.79. The molecule has 150 valence electrons. The summed E-state index contributed by atoms with van der Waals surface area (Å²) in [5.41, 5.74) is 2.89. The summed E-state index contributed by atoms with van der Waals surface area (Å²) >= 11 is 1.36. The summed E-state index contributed by atoms with van der Waals surface area (Å²) in [6, 6.07) is 10.7. The molecule has 0 aliphatic rings. The predicted octanol–water partition coefficient (Wildman–Crippen LogP) is 3.75. The quantitative estimate of drug-likeness (QED) is 0.645. The van der Waals surface area contributed by atoms with Crippen molar-refractivity contribution in [1.29, 1.82) is 0 Å². The van der Waals surface area contributed by atoms with Crippen LogP contribution in [-0.4, -0.2) is 38.1 Å². The van der Waals surface area contributed by atoms with Crippen LogP contribution >= 0.6 is 11.3 Å². The van der Waals surface area contributed by atoms with Gasteiger partial charge in [0.25, 0.3) is 11.8 Å². The largest absolute Gasteiger partial charge is 0.493 e. The lowest BCUT2D eigenvalue weighted by Crippen LogP contribution is -2.20. The molecule has 1 heterocycles. The highest BCUT2D eigenvalue weighted by Gasteiger charge is 2.16. The van der Waals surface area contributed by atoms with E-state index in [0.29, 0.717) is 39.0 Å². The molecule has 0 aliphatic carbocycles. The van der Waals surface area contributed by atoms with Gasteiger partial charge in [0.05, 0.1) is 14.2 Å². The van der Waals surface area contributed by atoms with Crippen LogP contribution < -0.4 is 20.1 Å². The first-order valence-corrected chi connectivity index (χ1v) is 9.67. The van der Waals surface area contributed by atoms with Crippen molar-refractivity contribution in [3.8, 4) is 22.1 Å². The molecule has 3 aromatic rings. The Bertz CT molecular complexity index is 1060. The zero-order valence-electron chi connectivity index (χ0n) is 16.5. The summed E-state index contributed by atoms with van der Waals surface area (Å²) in [7, 11) is 4.71. The number of methoxy groups -OCH3 is 2. The van der Waals surface area contributed by atoms with Crippen molar-refractivity contribution in [3.63, 3.8) is 0 Å². The lowest BCUT2D eigenvalue weighted by atomic mass is 10.1. The van der Waals surface area contributed by atoms with Crippen molar-refractivity contribution in [2.75, 3.05) is 26.6 Å². The average molecular weight is 411 g/mol. The maximum atomic E-state index is 12.7. The van der Waals surface area contributed by atoms with Gasteiger partial charge in [-0.05, 0) is 42.8 Å². The number of thiazole rings is 1. The Hall–Kier alpha value is -3.39. The van der Waals surface area contributed by atoms with Crippen LogP contribution in [0.5, 0.6) is 11.5 Å². The number of nitrogens with one attached hydrogen (secondary N) is 2. The van der Waals surface area contributed by atoms with Gasteiger partial charge in [-0.1, -0.05) is 6.07 Å². The van der Waals surface area contributed by atoms with E-state index in [4.69, 9.17) is 9.47 Å². The molecule has 3 rings (SSSR count). The topological polar surface area (TPSA) is 89.6 Å². The van der Waals surface area contributed by atoms with E-state index in [9.17, 15) is 9.59 Å². The van der Waals surface area contributed by atoms with E-state index in [1.54, 1.807) is 57.8 Å². The van der Waals surface area contributed by atoms with Gasteiger partial charge in [0.1, 0.15) is 10.7 Å². The molecule has 2 amide bonds. The Kier molecular flexibility index (Phi) is 6.13. The maximum Gasteiger partial charge on any atom is 0.275 e. The molecular formula is C21H21N3O4S. The zero-order valence-corrected chi connectivity index (χ0v) is 17.3. The minimum atomic E-state index is -0.342. The molecule has 0 aliphatic heterocycles. The molecule has 29 heavy (non-hydrogen) atoms. The van der Waals surface area contributed by atoms with Gasteiger partial charge in [-0.25, -0.2) is 4.98 Å². The number of ether oxygens (including phenoxy) is 2. The first kappa shape index (κ1) is 20.3. The zero-order chi connectivity index (χ0) is 21.0. The van der Waals surface area contributed by atoms with Gasteiger partial charge in [0, 0.05) is 29.2 Å². The Morgan fingerprint density at radius 3 is 2.48 bits per heavy atom. The Morgan fingerprint density at radius 1 is 1.03 bits per heavy atom. The van der Waals surface area contributed by atoms with E-state index in [-0.39, 0.29) is 11.8 Å². The highest BCUT2D eigenvalue weighted by atomic mass is 32.1. The van der Waals surface area contributed by atoms with Crippen molar-refractivity contribution in [1.82, 2.24) is 10.3 Å². The summed E-state index contributed by atoms with van der Waals surface area (Å²) < 4.78 is 10.6. The van der Waals surface area contributed by atoms with Gasteiger partial charge in [-0.3, -0.25) is 9.59 Å². The number of amides is 2. The van der Waals surface area contributed by atoms with Crippen molar-refractivity contribution >= 4 is 28.8 Å². The molecule has 0 spiro atoms. The Balaban J connectivity index is 1.83. The molecule has 0 fully saturated rings. The van der Waals surface area contributed by atoms with E-state index < -0.39 is 0 Å². The Labute approximate surface area is 172 Å². The molecule has 0 atom stereocenters. The fraction of sp³-hybridized carbons (Fsp3) is 0.190. The van der Waals surface area contributed by atoms with Gasteiger partial charge in [0.2, 0.25) is 0 Å². The van der Waals surface area contributed by atoms with Crippen LogP contribution in [0.2, 0.25) is 0 Å². The molecule has 2 N–H and O–H groups in total. The monoisotopic (exact) mass is 411 g/mol. The number of aromatic nitrogens is 1. The third-order valence-electron chi connectivity index (χ3n) is 4.42. The molecule has 0 radical (unpaired) electrons. The number of hydrogen-bond acceptors (Lipinski definition) is 6. The van der Waals surface area contributed by atoms with Crippen molar-refractivity contribution in [2.24, 2.45) is 0 Å². The predicted molar refractivity (Wildman–Crippen MR) is 113 cm³/mol. The van der Waals surface area contributed by atoms with Crippen LogP contribution in [0.3, 0.4) is 0 Å². The average Bonchev–Trinajstić information content (AvgIpc) is 3.24. The Morgan fingerprint density at radius 2 is 1.79 bits per heavy atom. The summed E-state index contributed by atoms with van der Waals surface area (Å²) in [5.74, 6) is 0.665. The minimum absolute atomic E-state index is 0.206. The van der Waals surface area contributed by atoms with E-state index in [0.717, 1.165) is 5.56 Å². The standard InChI is InChI=1S/C21H21N3O4S/c1-12-14(19(25)22-2)6-5-7-15(12)23-20(26)16-11-29-21(24-16)13-8-9-17(27-3)18(10-13)28-4/h5-11H,1-4H3,(H,22,25)(H,23,26). The van der Waals surface area contributed by atoms with E-state index >= 15 is 0 Å². The third kappa shape index (κ3) is 4.22. The van der Waals surface area contributed by atoms with Gasteiger partial charge in [-0.15, -0.1) is 11.3 Å². The lowest BCUT2D eigenvalue weighted by Gasteiger charge is -2.11. The number of carbonyl (C=O) groups is 2. The SMILES string of the molecule is CNC(=O)c1cccc(NC(=O)c2csc(-c3ccc(OC)c(OC)c3)n2)c1C. The molecule has 2 aromatic carbocycles. The van der Waals surface area contributed by atoms with Crippen molar-refractivity contribution < 1.29 is 19.1 Å². The van der Waals surface area contributed by atoms with Crippen LogP contribution in [-0.2, 0) is 0 Å². The molecule has 8 heteroatoms. The van der Waals surface area contributed by atoms with E-state index in [2.05, 4.69) is 15.6 Å². The highest BCUT2D eigenvalue weighted by molar-refractivity contribution is 7.13. The molecule has 0 unspecified atom stereocenters. The third-order valence-corrected chi connectivity index (χ3v) is 5.31. The van der Waals surface area contributed by atoms with Crippen LogP contribution in [0, 0.1) is 6.92 Å². The summed E-state index contributed by atoms with van der Waals surface area (Å²) in [6.45, 7) is 1.79. The van der Waals surface area contributed by atoms with Crippen LogP contribution in [0.1, 0.15) is 26.4 Å². The number of carbonyl (C=O) groups excluding carboxylic acids is 2. The van der Waals surface area contributed by atoms with Crippen LogP contribution in [0.15, 0.2) is 41.8 Å². The molecule has 7 nitrogen and oxygen atoms in total. The highest BCUT2D eigenvalue weighted by Crippen LogP contribution is 2.33. The molecule has 0 saturated heterocycles. The summed E-state index contributed by atoms with van der Waals surface area (Å²) in [6.07, 6.45) is 0. The maximum absolute atomic E-state index is 12.7. The number of nitrogens with zero attached hydrogens (tertiary/aromatic N) is 1. The fourth-order valence-electron chi connectivity index (χ4n) is 2.82. The number of benzene rings is 2. The normalized spacial score (nSPS) is 10.3. The van der Waals surface area contributed by atoms with Gasteiger partial charge in [-0.2, -0.15) is 0 Å². The lowest BCUT2D eigenvalue weighted by molar-refractivity contribution is 0.0960. The molecule has 1 aromatic heterocycles. The van der Waals surface area contributed by atoms with Gasteiger partial charge in [0.15, 0.2) is 11.5 Å². The number of hydrogen-bond donors (Lipinski definition) is 2. The molecule has 0 saturated carbocycles. The van der Waals surface area contributed by atoms with E-state index in [1.165, 1.54) is 11.3 Å². The van der Waals surface area contributed by atoms with Crippen molar-refractivity contribution in [2.45, 2.75) is 6.92 Å². The van der Waals surface area contributed by atoms with Crippen molar-refractivity contribution in [3.05, 3.63) is 58.6 Å². The fourth-order valence-corrected chi connectivity index (χ4v) is 3.62. The summed E-state index contributed by atoms with van der Waals surface area (Å²) in [4.78, 5) is 29.1. The minimum Gasteiger partial charge on any atom is -0.493 e. The smallest absolute Gasteiger partial charge is 0.275 e. The second kappa shape index (κ2) is 8.74. The van der Waals surface area contributed by atoms with E-state index in [1.807, 2.05) is 12.1 Å².